The summed E-state index contributed by atoms with van der Waals surface area (Å²) in [7, 11) is 2.06. The van der Waals surface area contributed by atoms with Crippen LogP contribution in [0.4, 0.5) is 0 Å². The molecule has 2 N–H and O–H groups in total. The van der Waals surface area contributed by atoms with Crippen LogP contribution in [0.3, 0.4) is 0 Å². The molecule has 86 valence electrons. The highest BCUT2D eigenvalue weighted by Gasteiger charge is 2.17. The molecule has 3 heteroatoms. The Morgan fingerprint density at radius 1 is 1.38 bits per heavy atom. The third kappa shape index (κ3) is 1.53. The molecule has 2 aromatic rings. The second-order valence-corrected chi connectivity index (χ2v) is 4.81. The van der Waals surface area contributed by atoms with Crippen LogP contribution in [0.2, 0.25) is 5.02 Å². The normalized spacial score (nSPS) is 11.6. The Labute approximate surface area is 101 Å². The van der Waals surface area contributed by atoms with Crippen molar-refractivity contribution in [1.82, 2.24) is 4.57 Å². The number of rotatable bonds is 2. The Balaban J connectivity index is 2.88. The van der Waals surface area contributed by atoms with Gasteiger partial charge in [0.1, 0.15) is 0 Å². The molecule has 1 heterocycles. The lowest BCUT2D eigenvalue weighted by Gasteiger charge is -2.07. The van der Waals surface area contributed by atoms with Gasteiger partial charge in [-0.25, -0.2) is 0 Å². The summed E-state index contributed by atoms with van der Waals surface area (Å²) in [6.07, 6.45) is 0. The molecule has 0 saturated carbocycles. The van der Waals surface area contributed by atoms with Crippen LogP contribution >= 0.6 is 11.6 Å². The molecule has 16 heavy (non-hydrogen) atoms. The van der Waals surface area contributed by atoms with Crippen molar-refractivity contribution in [3.05, 3.63) is 34.5 Å². The van der Waals surface area contributed by atoms with E-state index in [1.807, 2.05) is 12.1 Å². The minimum atomic E-state index is 0.413. The topological polar surface area (TPSA) is 30.9 Å². The summed E-state index contributed by atoms with van der Waals surface area (Å²) in [4.78, 5) is 0. The highest BCUT2D eigenvalue weighted by molar-refractivity contribution is 6.36. The first-order valence-corrected chi connectivity index (χ1v) is 5.91. The summed E-state index contributed by atoms with van der Waals surface area (Å²) in [6.45, 7) is 4.84. The quantitative estimate of drug-likeness (QED) is 0.851. The predicted octanol–water partition coefficient (Wildman–Crippen LogP) is 3.41. The van der Waals surface area contributed by atoms with Crippen molar-refractivity contribution in [2.45, 2.75) is 26.3 Å². The first-order chi connectivity index (χ1) is 7.57. The van der Waals surface area contributed by atoms with Crippen molar-refractivity contribution in [3.8, 4) is 0 Å². The summed E-state index contributed by atoms with van der Waals surface area (Å²) in [6, 6.07) is 6.16. The van der Waals surface area contributed by atoms with Crippen LogP contribution in [-0.2, 0) is 13.6 Å². The second kappa shape index (κ2) is 4.11. The Morgan fingerprint density at radius 2 is 2.06 bits per heavy atom. The molecule has 0 saturated heterocycles. The smallest absolute Gasteiger partial charge is 0.0699 e. The van der Waals surface area contributed by atoms with Crippen molar-refractivity contribution in [2.24, 2.45) is 12.8 Å². The molecule has 0 atom stereocenters. The Morgan fingerprint density at radius 3 is 2.62 bits per heavy atom. The van der Waals surface area contributed by atoms with Crippen LogP contribution in [0.5, 0.6) is 0 Å². The van der Waals surface area contributed by atoms with Crippen LogP contribution < -0.4 is 5.73 Å². The average Bonchev–Trinajstić information content (AvgIpc) is 2.51. The lowest BCUT2D eigenvalue weighted by Crippen LogP contribution is -1.98. The van der Waals surface area contributed by atoms with Gasteiger partial charge in [0.05, 0.1) is 5.02 Å². The van der Waals surface area contributed by atoms with Gasteiger partial charge in [0.15, 0.2) is 0 Å². The van der Waals surface area contributed by atoms with E-state index < -0.39 is 0 Å². The fourth-order valence-electron chi connectivity index (χ4n) is 2.34. The molecule has 2 nitrogen and oxygen atoms in total. The summed E-state index contributed by atoms with van der Waals surface area (Å²) in [5, 5.41) is 1.96. The van der Waals surface area contributed by atoms with Crippen LogP contribution in [0, 0.1) is 0 Å². The predicted molar refractivity (Wildman–Crippen MR) is 69.9 cm³/mol. The van der Waals surface area contributed by atoms with Crippen molar-refractivity contribution in [3.63, 3.8) is 0 Å². The van der Waals surface area contributed by atoms with Gasteiger partial charge in [-0.2, -0.15) is 0 Å². The number of nitrogens with two attached hydrogens (primary N) is 1. The lowest BCUT2D eigenvalue weighted by atomic mass is 10.1. The SMILES string of the molecule is CC(C)c1c(Cl)c2c(CN)cccc2n1C. The van der Waals surface area contributed by atoms with E-state index in [1.54, 1.807) is 0 Å². The van der Waals surface area contributed by atoms with Crippen LogP contribution in [0.1, 0.15) is 31.0 Å². The zero-order chi connectivity index (χ0) is 11.9. The molecule has 0 fully saturated rings. The van der Waals surface area contributed by atoms with Crippen molar-refractivity contribution >= 4 is 22.5 Å². The molecule has 0 bridgehead atoms. The standard InChI is InChI=1S/C13H17ClN2/c1-8(2)13-12(14)11-9(7-15)5-4-6-10(11)16(13)3/h4-6,8H,7,15H2,1-3H3. The molecule has 0 aliphatic carbocycles. The Kier molecular flexibility index (Phi) is 2.96. The largest absolute Gasteiger partial charge is 0.346 e. The number of aromatic nitrogens is 1. The molecule has 2 rings (SSSR count). The summed E-state index contributed by atoms with van der Waals surface area (Å²) < 4.78 is 2.17. The first-order valence-electron chi connectivity index (χ1n) is 5.53. The maximum absolute atomic E-state index is 6.46. The van der Waals surface area contributed by atoms with E-state index in [0.29, 0.717) is 12.5 Å². The number of fused-ring (bicyclic) bond motifs is 1. The highest BCUT2D eigenvalue weighted by atomic mass is 35.5. The van der Waals surface area contributed by atoms with E-state index in [2.05, 4.69) is 31.5 Å². The summed E-state index contributed by atoms with van der Waals surface area (Å²) in [5.74, 6) is 0.413. The third-order valence-electron chi connectivity index (χ3n) is 3.06. The first kappa shape index (κ1) is 11.5. The van der Waals surface area contributed by atoms with E-state index in [-0.39, 0.29) is 0 Å². The molecule has 0 unspecified atom stereocenters. The molecule has 0 radical (unpaired) electrons. The van der Waals surface area contributed by atoms with Gasteiger partial charge in [-0.3, -0.25) is 0 Å². The fourth-order valence-corrected chi connectivity index (χ4v) is 2.90. The van der Waals surface area contributed by atoms with Gasteiger partial charge in [-0.15, -0.1) is 0 Å². The molecule has 0 amide bonds. The molecule has 0 spiro atoms. The molecular weight excluding hydrogens is 220 g/mol. The molecule has 1 aromatic heterocycles. The number of nitrogens with zero attached hydrogens (tertiary/aromatic N) is 1. The van der Waals surface area contributed by atoms with E-state index >= 15 is 0 Å². The van der Waals surface area contributed by atoms with Crippen molar-refractivity contribution in [1.29, 1.82) is 0 Å². The van der Waals surface area contributed by atoms with Gasteiger partial charge >= 0.3 is 0 Å². The Bertz CT molecular complexity index is 526. The minimum absolute atomic E-state index is 0.413. The van der Waals surface area contributed by atoms with E-state index in [0.717, 1.165) is 21.5 Å². The van der Waals surface area contributed by atoms with Gasteiger partial charge in [0.25, 0.3) is 0 Å². The number of halogens is 1. The Hall–Kier alpha value is -0.990. The van der Waals surface area contributed by atoms with Crippen LogP contribution in [-0.4, -0.2) is 4.57 Å². The van der Waals surface area contributed by atoms with Crippen molar-refractivity contribution in [2.75, 3.05) is 0 Å². The maximum Gasteiger partial charge on any atom is 0.0699 e. The number of benzene rings is 1. The molecule has 1 aromatic carbocycles. The van der Waals surface area contributed by atoms with E-state index in [4.69, 9.17) is 17.3 Å². The van der Waals surface area contributed by atoms with Gasteiger partial charge in [0, 0.05) is 30.2 Å². The maximum atomic E-state index is 6.46. The lowest BCUT2D eigenvalue weighted by molar-refractivity contribution is 0.755. The van der Waals surface area contributed by atoms with Gasteiger partial charge < -0.3 is 10.3 Å². The third-order valence-corrected chi connectivity index (χ3v) is 3.45. The van der Waals surface area contributed by atoms with E-state index in [1.165, 1.54) is 5.69 Å². The van der Waals surface area contributed by atoms with Crippen LogP contribution in [0.15, 0.2) is 18.2 Å². The summed E-state index contributed by atoms with van der Waals surface area (Å²) in [5.41, 5.74) is 9.21. The number of aryl methyl sites for hydroxylation is 1. The zero-order valence-corrected chi connectivity index (χ0v) is 10.7. The number of hydrogen-bond acceptors (Lipinski definition) is 1. The average molecular weight is 237 g/mol. The summed E-state index contributed by atoms with van der Waals surface area (Å²) >= 11 is 6.46. The monoisotopic (exact) mass is 236 g/mol. The highest BCUT2D eigenvalue weighted by Crippen LogP contribution is 2.36. The number of hydrogen-bond donors (Lipinski definition) is 1. The van der Waals surface area contributed by atoms with Gasteiger partial charge in [-0.1, -0.05) is 37.6 Å². The molecule has 0 aliphatic rings. The fraction of sp³-hybridized carbons (Fsp3) is 0.385. The van der Waals surface area contributed by atoms with Crippen molar-refractivity contribution < 1.29 is 0 Å². The van der Waals surface area contributed by atoms with Crippen LogP contribution in [0.25, 0.3) is 10.9 Å². The molecular formula is C13H17ClN2. The van der Waals surface area contributed by atoms with Gasteiger partial charge in [0.2, 0.25) is 0 Å². The minimum Gasteiger partial charge on any atom is -0.346 e. The molecule has 0 aliphatic heterocycles. The van der Waals surface area contributed by atoms with Gasteiger partial charge in [-0.05, 0) is 17.5 Å². The zero-order valence-electron chi connectivity index (χ0n) is 9.92. The van der Waals surface area contributed by atoms with E-state index in [9.17, 15) is 0 Å². The second-order valence-electron chi connectivity index (χ2n) is 4.43.